The van der Waals surface area contributed by atoms with Crippen molar-refractivity contribution in [3.63, 3.8) is 0 Å². The number of nitrogens with zero attached hydrogens (tertiary/aromatic N) is 2. The maximum Gasteiger partial charge on any atom is 0.168 e. The second-order valence-electron chi connectivity index (χ2n) is 5.38. The molecule has 2 heterocycles. The minimum absolute atomic E-state index is 0.285. The highest BCUT2D eigenvalue weighted by Gasteiger charge is 2.19. The Morgan fingerprint density at radius 2 is 1.91 bits per heavy atom. The zero-order valence-corrected chi connectivity index (χ0v) is 13.0. The Morgan fingerprint density at radius 1 is 1.13 bits per heavy atom. The Morgan fingerprint density at radius 3 is 2.65 bits per heavy atom. The average Bonchev–Trinajstić information content (AvgIpc) is 2.56. The van der Waals surface area contributed by atoms with Crippen molar-refractivity contribution in [1.82, 2.24) is 9.97 Å². The standard InChI is InChI=1S/C18H17F2N3/c1-3-14(18-13(19)8-6-10-21-18)23-17-12-7-4-5-9-15(12)22-11(2)16(17)20/h4-10,14H,3H2,1-2H3,(H,22,23)/t14-/m1/s1. The number of halogens is 2. The molecule has 0 radical (unpaired) electrons. The van der Waals surface area contributed by atoms with Gasteiger partial charge in [-0.05, 0) is 31.5 Å². The highest BCUT2D eigenvalue weighted by atomic mass is 19.1. The van der Waals surface area contributed by atoms with Crippen molar-refractivity contribution in [2.75, 3.05) is 5.32 Å². The first-order valence-corrected chi connectivity index (χ1v) is 7.53. The third-order valence-electron chi connectivity index (χ3n) is 3.84. The molecule has 3 rings (SSSR count). The van der Waals surface area contributed by atoms with Crippen molar-refractivity contribution in [1.29, 1.82) is 0 Å². The molecule has 23 heavy (non-hydrogen) atoms. The zero-order chi connectivity index (χ0) is 16.4. The summed E-state index contributed by atoms with van der Waals surface area (Å²) >= 11 is 0. The third kappa shape index (κ3) is 2.86. The minimum atomic E-state index is -0.420. The van der Waals surface area contributed by atoms with Crippen LogP contribution in [0.15, 0.2) is 42.6 Å². The number of fused-ring (bicyclic) bond motifs is 1. The van der Waals surface area contributed by atoms with Gasteiger partial charge in [0.1, 0.15) is 5.82 Å². The first-order valence-electron chi connectivity index (χ1n) is 7.53. The zero-order valence-electron chi connectivity index (χ0n) is 13.0. The summed E-state index contributed by atoms with van der Waals surface area (Å²) in [7, 11) is 0. The molecule has 0 fully saturated rings. The normalized spacial score (nSPS) is 12.3. The molecule has 0 spiro atoms. The van der Waals surface area contributed by atoms with Gasteiger partial charge in [-0.2, -0.15) is 0 Å². The maximum atomic E-state index is 14.6. The van der Waals surface area contributed by atoms with Gasteiger partial charge in [0.05, 0.1) is 28.6 Å². The molecule has 1 atom stereocenters. The first-order chi connectivity index (χ1) is 11.1. The Balaban J connectivity index is 2.10. The van der Waals surface area contributed by atoms with E-state index in [1.807, 2.05) is 25.1 Å². The molecule has 3 aromatic rings. The van der Waals surface area contributed by atoms with Gasteiger partial charge in [-0.1, -0.05) is 25.1 Å². The van der Waals surface area contributed by atoms with Crippen LogP contribution in [0.25, 0.3) is 10.9 Å². The minimum Gasteiger partial charge on any atom is -0.374 e. The lowest BCUT2D eigenvalue weighted by atomic mass is 10.1. The number of anilines is 1. The van der Waals surface area contributed by atoms with Crippen molar-refractivity contribution in [2.24, 2.45) is 0 Å². The van der Waals surface area contributed by atoms with E-state index >= 15 is 0 Å². The van der Waals surface area contributed by atoms with Crippen LogP contribution in [0.5, 0.6) is 0 Å². The van der Waals surface area contributed by atoms with Crippen LogP contribution in [0.1, 0.15) is 30.8 Å². The average molecular weight is 313 g/mol. The summed E-state index contributed by atoms with van der Waals surface area (Å²) in [5, 5.41) is 3.79. The van der Waals surface area contributed by atoms with Crippen molar-refractivity contribution in [3.8, 4) is 0 Å². The van der Waals surface area contributed by atoms with Gasteiger partial charge in [-0.15, -0.1) is 0 Å². The topological polar surface area (TPSA) is 37.8 Å². The molecule has 0 aliphatic heterocycles. The number of pyridine rings is 2. The van der Waals surface area contributed by atoms with Gasteiger partial charge in [0, 0.05) is 11.6 Å². The van der Waals surface area contributed by atoms with Crippen LogP contribution >= 0.6 is 0 Å². The summed E-state index contributed by atoms with van der Waals surface area (Å²) < 4.78 is 28.6. The molecular weight excluding hydrogens is 296 g/mol. The van der Waals surface area contributed by atoms with Gasteiger partial charge in [0.25, 0.3) is 0 Å². The fourth-order valence-corrected chi connectivity index (χ4v) is 2.64. The summed E-state index contributed by atoms with van der Waals surface area (Å²) in [6, 6.07) is 9.79. The quantitative estimate of drug-likeness (QED) is 0.753. The van der Waals surface area contributed by atoms with Crippen LogP contribution in [0.2, 0.25) is 0 Å². The number of aromatic nitrogens is 2. The molecule has 1 aromatic carbocycles. The lowest BCUT2D eigenvalue weighted by Gasteiger charge is -2.20. The fourth-order valence-electron chi connectivity index (χ4n) is 2.64. The Bertz CT molecular complexity index is 849. The summed E-state index contributed by atoms with van der Waals surface area (Å²) in [6.45, 7) is 3.52. The molecule has 0 aliphatic rings. The van der Waals surface area contributed by atoms with Gasteiger partial charge in [-0.3, -0.25) is 4.98 Å². The van der Waals surface area contributed by atoms with E-state index in [1.54, 1.807) is 13.0 Å². The molecule has 0 amide bonds. The predicted octanol–water partition coefficient (Wildman–Crippen LogP) is 4.78. The van der Waals surface area contributed by atoms with Crippen LogP contribution in [-0.4, -0.2) is 9.97 Å². The molecule has 5 heteroatoms. The van der Waals surface area contributed by atoms with Crippen molar-refractivity contribution in [3.05, 3.63) is 65.6 Å². The molecule has 0 aliphatic carbocycles. The fraction of sp³-hybridized carbons (Fsp3) is 0.222. The molecular formula is C18H17F2N3. The molecule has 0 saturated carbocycles. The first kappa shape index (κ1) is 15.3. The number of nitrogens with one attached hydrogen (secondary N) is 1. The van der Waals surface area contributed by atoms with Crippen LogP contribution in [-0.2, 0) is 0 Å². The molecule has 0 bridgehead atoms. The lowest BCUT2D eigenvalue weighted by Crippen LogP contribution is -2.15. The number of aryl methyl sites for hydroxylation is 1. The summed E-state index contributed by atoms with van der Waals surface area (Å²) in [5.74, 6) is -0.819. The number of hydrogen-bond acceptors (Lipinski definition) is 3. The van der Waals surface area contributed by atoms with E-state index in [2.05, 4.69) is 15.3 Å². The van der Waals surface area contributed by atoms with Crippen LogP contribution in [0.3, 0.4) is 0 Å². The van der Waals surface area contributed by atoms with Crippen molar-refractivity contribution < 1.29 is 8.78 Å². The monoisotopic (exact) mass is 313 g/mol. The van der Waals surface area contributed by atoms with E-state index in [0.29, 0.717) is 28.7 Å². The van der Waals surface area contributed by atoms with Crippen LogP contribution in [0.4, 0.5) is 14.5 Å². The predicted molar refractivity (Wildman–Crippen MR) is 87.3 cm³/mol. The second-order valence-corrected chi connectivity index (χ2v) is 5.38. The molecule has 0 saturated heterocycles. The van der Waals surface area contributed by atoms with Gasteiger partial charge < -0.3 is 5.32 Å². The number of para-hydroxylation sites is 1. The number of benzene rings is 1. The van der Waals surface area contributed by atoms with E-state index < -0.39 is 17.7 Å². The van der Waals surface area contributed by atoms with Crippen LogP contribution in [0, 0.1) is 18.6 Å². The molecule has 0 unspecified atom stereocenters. The van der Waals surface area contributed by atoms with E-state index in [4.69, 9.17) is 0 Å². The van der Waals surface area contributed by atoms with Gasteiger partial charge in [0.15, 0.2) is 5.82 Å². The summed E-state index contributed by atoms with van der Waals surface area (Å²) in [4.78, 5) is 8.36. The van der Waals surface area contributed by atoms with E-state index in [1.165, 1.54) is 18.3 Å². The van der Waals surface area contributed by atoms with Gasteiger partial charge in [0.2, 0.25) is 0 Å². The Hall–Kier alpha value is -2.56. The highest BCUT2D eigenvalue weighted by Crippen LogP contribution is 2.31. The maximum absolute atomic E-state index is 14.6. The molecule has 1 N–H and O–H groups in total. The van der Waals surface area contributed by atoms with Gasteiger partial charge in [-0.25, -0.2) is 13.8 Å². The molecule has 2 aromatic heterocycles. The number of hydrogen-bond donors (Lipinski definition) is 1. The SMILES string of the molecule is CC[C@@H](Nc1c(F)c(C)nc2ccccc12)c1ncccc1F. The van der Waals surface area contributed by atoms with E-state index in [9.17, 15) is 8.78 Å². The van der Waals surface area contributed by atoms with Crippen LogP contribution < -0.4 is 5.32 Å². The third-order valence-corrected chi connectivity index (χ3v) is 3.84. The van der Waals surface area contributed by atoms with E-state index in [-0.39, 0.29) is 5.69 Å². The Labute approximate surface area is 133 Å². The van der Waals surface area contributed by atoms with Gasteiger partial charge >= 0.3 is 0 Å². The molecule has 118 valence electrons. The van der Waals surface area contributed by atoms with E-state index in [0.717, 1.165) is 0 Å². The Kier molecular flexibility index (Phi) is 4.19. The largest absolute Gasteiger partial charge is 0.374 e. The molecule has 3 nitrogen and oxygen atoms in total. The number of rotatable bonds is 4. The summed E-state index contributed by atoms with van der Waals surface area (Å²) in [5.41, 5.74) is 1.63. The lowest BCUT2D eigenvalue weighted by molar-refractivity contribution is 0.567. The highest BCUT2D eigenvalue weighted by molar-refractivity contribution is 5.91. The second kappa shape index (κ2) is 6.28. The smallest absolute Gasteiger partial charge is 0.168 e. The summed E-state index contributed by atoms with van der Waals surface area (Å²) in [6.07, 6.45) is 2.11. The van der Waals surface area contributed by atoms with Crippen molar-refractivity contribution >= 4 is 16.6 Å². The van der Waals surface area contributed by atoms with Crippen molar-refractivity contribution in [2.45, 2.75) is 26.3 Å².